The van der Waals surface area contributed by atoms with E-state index in [0.717, 1.165) is 6.42 Å². The van der Waals surface area contributed by atoms with Crippen molar-refractivity contribution in [3.8, 4) is 0 Å². The third-order valence-electron chi connectivity index (χ3n) is 3.61. The molecule has 0 heterocycles. The van der Waals surface area contributed by atoms with Crippen molar-refractivity contribution in [3.63, 3.8) is 0 Å². The molecule has 1 unspecified atom stereocenters. The van der Waals surface area contributed by atoms with E-state index < -0.39 is 12.1 Å². The van der Waals surface area contributed by atoms with Crippen molar-refractivity contribution in [3.05, 3.63) is 60.4 Å². The molecule has 0 saturated heterocycles. The average molecular weight is 363 g/mol. The lowest BCUT2D eigenvalue weighted by atomic mass is 10.1. The monoisotopic (exact) mass is 362 g/mol. The molecule has 0 aromatic carbocycles. The van der Waals surface area contributed by atoms with Crippen LogP contribution in [0.3, 0.4) is 0 Å². The van der Waals surface area contributed by atoms with Gasteiger partial charge in [0.1, 0.15) is 0 Å². The Morgan fingerprint density at radius 1 is 0.962 bits per heavy atom. The zero-order chi connectivity index (χ0) is 19.5. The Labute approximate surface area is 157 Å². The largest absolute Gasteiger partial charge is 0.512 e. The lowest BCUT2D eigenvalue weighted by molar-refractivity contribution is -0.136. The predicted octanol–water partition coefficient (Wildman–Crippen LogP) is 5.63. The minimum absolute atomic E-state index is 0.148. The van der Waals surface area contributed by atoms with Gasteiger partial charge in [0.15, 0.2) is 0 Å². The van der Waals surface area contributed by atoms with Gasteiger partial charge < -0.3 is 15.3 Å². The van der Waals surface area contributed by atoms with E-state index in [1.807, 2.05) is 36.5 Å². The van der Waals surface area contributed by atoms with Gasteiger partial charge in [-0.15, -0.1) is 0 Å². The minimum atomic E-state index is -0.791. The van der Waals surface area contributed by atoms with Gasteiger partial charge in [0.25, 0.3) is 0 Å². The highest BCUT2D eigenvalue weighted by atomic mass is 16.4. The lowest BCUT2D eigenvalue weighted by Gasteiger charge is -2.01. The topological polar surface area (TPSA) is 77.8 Å². The first-order valence-corrected chi connectivity index (χ1v) is 9.47. The van der Waals surface area contributed by atoms with Crippen molar-refractivity contribution in [1.29, 1.82) is 0 Å². The lowest BCUT2D eigenvalue weighted by Crippen LogP contribution is -1.99. The van der Waals surface area contributed by atoms with Crippen LogP contribution in [0, 0.1) is 0 Å². The molecule has 0 fully saturated rings. The Balaban J connectivity index is 3.87. The number of carbonyl (C=O) groups is 1. The molecule has 0 amide bonds. The highest BCUT2D eigenvalue weighted by Gasteiger charge is 1.97. The normalized spacial score (nSPS) is 14.3. The molecule has 0 radical (unpaired) electrons. The number of unbranched alkanes of at least 4 members (excludes halogenated alkanes) is 3. The summed E-state index contributed by atoms with van der Waals surface area (Å²) in [6, 6.07) is 0. The first-order valence-electron chi connectivity index (χ1n) is 9.47. The highest BCUT2D eigenvalue weighted by Crippen LogP contribution is 2.05. The van der Waals surface area contributed by atoms with Crippen LogP contribution in [0.2, 0.25) is 0 Å². The summed E-state index contributed by atoms with van der Waals surface area (Å²) in [6.07, 6.45) is 23.1. The van der Waals surface area contributed by atoms with Crippen molar-refractivity contribution in [2.75, 3.05) is 0 Å². The second-order valence-corrected chi connectivity index (χ2v) is 6.12. The summed E-state index contributed by atoms with van der Waals surface area (Å²) in [6.45, 7) is 2.18. The number of aliphatic hydroxyl groups excluding tert-OH is 2. The van der Waals surface area contributed by atoms with Crippen molar-refractivity contribution < 1.29 is 20.1 Å². The van der Waals surface area contributed by atoms with Gasteiger partial charge in [-0.1, -0.05) is 68.4 Å². The van der Waals surface area contributed by atoms with Gasteiger partial charge in [-0.2, -0.15) is 0 Å². The van der Waals surface area contributed by atoms with Gasteiger partial charge in [-0.25, -0.2) is 0 Å². The van der Waals surface area contributed by atoms with E-state index in [-0.39, 0.29) is 12.2 Å². The molecular formula is C22H34O4. The van der Waals surface area contributed by atoms with Crippen molar-refractivity contribution in [2.45, 2.75) is 70.8 Å². The summed E-state index contributed by atoms with van der Waals surface area (Å²) in [4.78, 5) is 10.3. The fraction of sp³-hybridized carbons (Fsp3) is 0.500. The van der Waals surface area contributed by atoms with Crippen LogP contribution in [0.15, 0.2) is 60.4 Å². The second-order valence-electron chi connectivity index (χ2n) is 6.12. The third kappa shape index (κ3) is 18.3. The van der Waals surface area contributed by atoms with Gasteiger partial charge in [0.05, 0.1) is 11.9 Å². The minimum Gasteiger partial charge on any atom is -0.512 e. The zero-order valence-corrected chi connectivity index (χ0v) is 15.9. The van der Waals surface area contributed by atoms with E-state index >= 15 is 0 Å². The maximum atomic E-state index is 10.3. The van der Waals surface area contributed by atoms with Crippen LogP contribution in [0.1, 0.15) is 64.7 Å². The summed E-state index contributed by atoms with van der Waals surface area (Å²) >= 11 is 0. The Morgan fingerprint density at radius 2 is 1.73 bits per heavy atom. The van der Waals surface area contributed by atoms with Crippen molar-refractivity contribution >= 4 is 5.97 Å². The van der Waals surface area contributed by atoms with Crippen molar-refractivity contribution in [1.82, 2.24) is 0 Å². The summed E-state index contributed by atoms with van der Waals surface area (Å²) in [5, 5.41) is 28.1. The van der Waals surface area contributed by atoms with Crippen molar-refractivity contribution in [2.24, 2.45) is 0 Å². The van der Waals surface area contributed by atoms with Crippen LogP contribution in [0.25, 0.3) is 0 Å². The number of hydrogen-bond acceptors (Lipinski definition) is 3. The molecule has 0 bridgehead atoms. The van der Waals surface area contributed by atoms with Crippen LogP contribution in [0.5, 0.6) is 0 Å². The fourth-order valence-electron chi connectivity index (χ4n) is 2.10. The van der Waals surface area contributed by atoms with E-state index in [4.69, 9.17) is 5.11 Å². The van der Waals surface area contributed by atoms with Gasteiger partial charge in [-0.05, 0) is 38.2 Å². The summed E-state index contributed by atoms with van der Waals surface area (Å²) < 4.78 is 0. The number of carboxylic acids is 1. The molecule has 4 heteroatoms. The molecule has 0 spiro atoms. The number of carboxylic acid groups (broad SMARTS) is 1. The molecule has 0 rings (SSSR count). The smallest absolute Gasteiger partial charge is 0.303 e. The second kappa shape index (κ2) is 17.7. The highest BCUT2D eigenvalue weighted by molar-refractivity contribution is 5.66. The first-order chi connectivity index (χ1) is 12.6. The Bertz CT molecular complexity index is 498. The first kappa shape index (κ1) is 23.9. The Hall–Kier alpha value is -2.07. The van der Waals surface area contributed by atoms with Crippen LogP contribution in [-0.2, 0) is 4.79 Å². The summed E-state index contributed by atoms with van der Waals surface area (Å²) in [5.41, 5.74) is 0. The summed E-state index contributed by atoms with van der Waals surface area (Å²) in [5.74, 6) is -0.557. The number of aliphatic hydroxyl groups is 2. The fourth-order valence-corrected chi connectivity index (χ4v) is 2.10. The maximum Gasteiger partial charge on any atom is 0.303 e. The van der Waals surface area contributed by atoms with Gasteiger partial charge in [0, 0.05) is 12.8 Å². The SMILES string of the molecule is CCCCC/C=C\C=C\C(O)C/C=C(/O)C/C=C\C/C=C\CCC(=O)O. The number of rotatable bonds is 15. The molecule has 0 aliphatic heterocycles. The van der Waals surface area contributed by atoms with Crippen LogP contribution in [0.4, 0.5) is 0 Å². The van der Waals surface area contributed by atoms with Crippen LogP contribution < -0.4 is 0 Å². The van der Waals surface area contributed by atoms with Crippen LogP contribution >= 0.6 is 0 Å². The average Bonchev–Trinajstić information content (AvgIpc) is 2.61. The molecule has 0 aromatic rings. The van der Waals surface area contributed by atoms with E-state index in [9.17, 15) is 15.0 Å². The van der Waals surface area contributed by atoms with E-state index in [0.29, 0.717) is 25.7 Å². The molecule has 3 N–H and O–H groups in total. The molecule has 0 aliphatic rings. The molecule has 146 valence electrons. The standard InChI is InChI=1S/C22H34O4/c1-2-3-4-5-6-9-12-15-20(23)18-19-21(24)16-13-10-7-8-11-14-17-22(25)26/h6,8-13,15,19-20,23-24H,2-5,7,14,16-18H2,1H3,(H,25,26)/b9-6-,11-8-,13-10-,15-12+,21-19+. The Kier molecular flexibility index (Phi) is 16.3. The van der Waals surface area contributed by atoms with E-state index in [1.165, 1.54) is 19.3 Å². The quantitative estimate of drug-likeness (QED) is 0.153. The number of aliphatic carboxylic acids is 1. The van der Waals surface area contributed by atoms with Gasteiger partial charge in [0.2, 0.25) is 0 Å². The molecule has 26 heavy (non-hydrogen) atoms. The van der Waals surface area contributed by atoms with Crippen LogP contribution in [-0.4, -0.2) is 27.4 Å². The molecule has 0 aliphatic carbocycles. The molecular weight excluding hydrogens is 328 g/mol. The predicted molar refractivity (Wildman–Crippen MR) is 108 cm³/mol. The third-order valence-corrected chi connectivity index (χ3v) is 3.61. The molecule has 4 nitrogen and oxygen atoms in total. The van der Waals surface area contributed by atoms with Gasteiger partial charge in [-0.3, -0.25) is 4.79 Å². The van der Waals surface area contributed by atoms with Gasteiger partial charge >= 0.3 is 5.97 Å². The van der Waals surface area contributed by atoms with E-state index in [2.05, 4.69) is 13.0 Å². The molecule has 0 saturated carbocycles. The Morgan fingerprint density at radius 3 is 2.46 bits per heavy atom. The molecule has 0 aromatic heterocycles. The number of allylic oxidation sites excluding steroid dienone is 7. The maximum absolute atomic E-state index is 10.3. The van der Waals surface area contributed by atoms with E-state index in [1.54, 1.807) is 12.2 Å². The number of hydrogen-bond donors (Lipinski definition) is 3. The molecule has 1 atom stereocenters. The zero-order valence-electron chi connectivity index (χ0n) is 15.9. The summed E-state index contributed by atoms with van der Waals surface area (Å²) in [7, 11) is 0.